The van der Waals surface area contributed by atoms with E-state index in [9.17, 15) is 0 Å². The lowest BCUT2D eigenvalue weighted by Gasteiger charge is -2.44. The summed E-state index contributed by atoms with van der Waals surface area (Å²) in [6.07, 6.45) is 6.50. The third kappa shape index (κ3) is 2.98. The molecule has 1 N–H and O–H groups in total. The molecule has 2 heteroatoms. The van der Waals surface area contributed by atoms with Crippen molar-refractivity contribution in [2.24, 2.45) is 0 Å². The summed E-state index contributed by atoms with van der Waals surface area (Å²) in [4.78, 5) is 2.71. The van der Waals surface area contributed by atoms with Crippen LogP contribution in [-0.2, 0) is 0 Å². The van der Waals surface area contributed by atoms with Gasteiger partial charge in [0.15, 0.2) is 0 Å². The van der Waals surface area contributed by atoms with Gasteiger partial charge >= 0.3 is 0 Å². The number of rotatable bonds is 7. The summed E-state index contributed by atoms with van der Waals surface area (Å²) in [6, 6.07) is 0.649. The van der Waals surface area contributed by atoms with Crippen molar-refractivity contribution in [3.05, 3.63) is 0 Å². The van der Waals surface area contributed by atoms with Crippen LogP contribution in [0.5, 0.6) is 0 Å². The van der Waals surface area contributed by atoms with Crippen LogP contribution in [0.15, 0.2) is 0 Å². The van der Waals surface area contributed by atoms with Gasteiger partial charge in [-0.3, -0.25) is 4.90 Å². The molecule has 1 aliphatic rings. The molecule has 1 rings (SSSR count). The van der Waals surface area contributed by atoms with Crippen LogP contribution in [0.2, 0.25) is 0 Å². The first-order chi connectivity index (χ1) is 7.69. The maximum atomic E-state index is 3.75. The molecule has 0 aromatic heterocycles. The van der Waals surface area contributed by atoms with E-state index in [4.69, 9.17) is 0 Å². The molecule has 0 spiro atoms. The predicted octanol–water partition coefficient (Wildman–Crippen LogP) is 3.03. The number of hydrogen-bond acceptors (Lipinski definition) is 2. The largest absolute Gasteiger partial charge is 0.312 e. The number of nitrogens with zero attached hydrogens (tertiary/aromatic N) is 1. The van der Waals surface area contributed by atoms with E-state index in [-0.39, 0.29) is 0 Å². The van der Waals surface area contributed by atoms with Gasteiger partial charge < -0.3 is 5.32 Å². The van der Waals surface area contributed by atoms with Crippen LogP contribution in [0.25, 0.3) is 0 Å². The monoisotopic (exact) mass is 226 g/mol. The van der Waals surface area contributed by atoms with Crippen molar-refractivity contribution >= 4 is 0 Å². The zero-order valence-corrected chi connectivity index (χ0v) is 11.7. The summed E-state index contributed by atoms with van der Waals surface area (Å²) in [5.41, 5.74) is 0.362. The quantitative estimate of drug-likeness (QED) is 0.718. The maximum Gasteiger partial charge on any atom is 0.0331 e. The zero-order valence-electron chi connectivity index (χ0n) is 11.7. The highest BCUT2D eigenvalue weighted by atomic mass is 15.2. The highest BCUT2D eigenvalue weighted by Gasteiger charge is 2.37. The molecule has 0 aliphatic carbocycles. The second-order valence-electron chi connectivity index (χ2n) is 5.32. The van der Waals surface area contributed by atoms with Crippen LogP contribution in [0.1, 0.15) is 59.8 Å². The van der Waals surface area contributed by atoms with Crippen molar-refractivity contribution < 1.29 is 0 Å². The molecule has 0 saturated carbocycles. The fourth-order valence-corrected chi connectivity index (χ4v) is 3.04. The Morgan fingerprint density at radius 1 is 1.19 bits per heavy atom. The fraction of sp³-hybridized carbons (Fsp3) is 1.00. The Morgan fingerprint density at radius 2 is 1.81 bits per heavy atom. The molecule has 0 radical (unpaired) electrons. The zero-order chi connectivity index (χ0) is 12.0. The van der Waals surface area contributed by atoms with Crippen molar-refractivity contribution in [3.63, 3.8) is 0 Å². The van der Waals surface area contributed by atoms with Crippen LogP contribution < -0.4 is 5.32 Å². The third-order valence-corrected chi connectivity index (χ3v) is 4.34. The standard InChI is InChI=1S/C14H30N2/c1-5-10-15-13(6-2)14(4,7-3)16-11-8-9-12-16/h13,15H,5-12H2,1-4H3. The Kier molecular flexibility index (Phi) is 5.77. The second-order valence-corrected chi connectivity index (χ2v) is 5.32. The summed E-state index contributed by atoms with van der Waals surface area (Å²) in [5, 5.41) is 3.75. The van der Waals surface area contributed by atoms with Gasteiger partial charge in [0.25, 0.3) is 0 Å². The summed E-state index contributed by atoms with van der Waals surface area (Å²) in [7, 11) is 0. The molecule has 16 heavy (non-hydrogen) atoms. The molecular weight excluding hydrogens is 196 g/mol. The normalized spacial score (nSPS) is 23.2. The SMILES string of the molecule is CCCNC(CC)C(C)(CC)N1CCCC1. The van der Waals surface area contributed by atoms with Crippen molar-refractivity contribution in [3.8, 4) is 0 Å². The molecule has 0 aromatic rings. The van der Waals surface area contributed by atoms with E-state index in [0.29, 0.717) is 11.6 Å². The van der Waals surface area contributed by atoms with Crippen LogP contribution >= 0.6 is 0 Å². The third-order valence-electron chi connectivity index (χ3n) is 4.34. The predicted molar refractivity (Wildman–Crippen MR) is 71.9 cm³/mol. The van der Waals surface area contributed by atoms with Crippen LogP contribution in [0.4, 0.5) is 0 Å². The minimum atomic E-state index is 0.362. The second kappa shape index (κ2) is 6.61. The molecule has 0 bridgehead atoms. The lowest BCUT2D eigenvalue weighted by molar-refractivity contribution is 0.0824. The van der Waals surface area contributed by atoms with Crippen molar-refractivity contribution in [2.75, 3.05) is 19.6 Å². The van der Waals surface area contributed by atoms with Crippen LogP contribution in [-0.4, -0.2) is 36.1 Å². The molecule has 0 aromatic carbocycles. The number of nitrogens with one attached hydrogen (secondary N) is 1. The van der Waals surface area contributed by atoms with Gasteiger partial charge in [0.2, 0.25) is 0 Å². The van der Waals surface area contributed by atoms with Gasteiger partial charge in [-0.2, -0.15) is 0 Å². The molecule has 2 atom stereocenters. The summed E-state index contributed by atoms with van der Waals surface area (Å²) >= 11 is 0. The van der Waals surface area contributed by atoms with E-state index in [2.05, 4.69) is 37.9 Å². The molecule has 2 nitrogen and oxygen atoms in total. The topological polar surface area (TPSA) is 15.3 Å². The van der Waals surface area contributed by atoms with E-state index in [0.717, 1.165) is 6.54 Å². The lowest BCUT2D eigenvalue weighted by Crippen LogP contribution is -2.58. The molecule has 1 fully saturated rings. The maximum absolute atomic E-state index is 3.75. The summed E-state index contributed by atoms with van der Waals surface area (Å²) in [6.45, 7) is 13.1. The molecule has 2 unspecified atom stereocenters. The average Bonchev–Trinajstić information content (AvgIpc) is 2.83. The first-order valence-electron chi connectivity index (χ1n) is 7.17. The van der Waals surface area contributed by atoms with E-state index in [1.807, 2.05) is 0 Å². The Bertz CT molecular complexity index is 187. The molecule has 1 aliphatic heterocycles. The Balaban J connectivity index is 2.66. The van der Waals surface area contributed by atoms with Gasteiger partial charge in [0.05, 0.1) is 0 Å². The van der Waals surface area contributed by atoms with Gasteiger partial charge in [-0.05, 0) is 58.7 Å². The Labute approximate surface area is 102 Å². The van der Waals surface area contributed by atoms with Gasteiger partial charge in [0, 0.05) is 11.6 Å². The van der Waals surface area contributed by atoms with Crippen LogP contribution in [0, 0.1) is 0 Å². The van der Waals surface area contributed by atoms with Gasteiger partial charge in [0.1, 0.15) is 0 Å². The van der Waals surface area contributed by atoms with Gasteiger partial charge in [-0.15, -0.1) is 0 Å². The first kappa shape index (κ1) is 14.0. The fourth-order valence-electron chi connectivity index (χ4n) is 3.04. The molecule has 1 heterocycles. The highest BCUT2D eigenvalue weighted by molar-refractivity contribution is 4.97. The van der Waals surface area contributed by atoms with Crippen molar-refractivity contribution in [2.45, 2.75) is 71.4 Å². The highest BCUT2D eigenvalue weighted by Crippen LogP contribution is 2.29. The van der Waals surface area contributed by atoms with E-state index < -0.39 is 0 Å². The average molecular weight is 226 g/mol. The molecular formula is C14H30N2. The lowest BCUT2D eigenvalue weighted by atomic mass is 9.85. The smallest absolute Gasteiger partial charge is 0.0331 e. The Hall–Kier alpha value is -0.0800. The van der Waals surface area contributed by atoms with Crippen molar-refractivity contribution in [1.29, 1.82) is 0 Å². The van der Waals surface area contributed by atoms with Crippen LogP contribution in [0.3, 0.4) is 0 Å². The van der Waals surface area contributed by atoms with Gasteiger partial charge in [-0.25, -0.2) is 0 Å². The van der Waals surface area contributed by atoms with E-state index in [1.165, 1.54) is 45.2 Å². The van der Waals surface area contributed by atoms with E-state index in [1.54, 1.807) is 0 Å². The van der Waals surface area contributed by atoms with E-state index >= 15 is 0 Å². The first-order valence-corrected chi connectivity index (χ1v) is 7.17. The molecule has 0 amide bonds. The summed E-state index contributed by atoms with van der Waals surface area (Å²) < 4.78 is 0. The number of likely N-dealkylation sites (tertiary alicyclic amines) is 1. The Morgan fingerprint density at radius 3 is 2.25 bits per heavy atom. The van der Waals surface area contributed by atoms with Gasteiger partial charge in [-0.1, -0.05) is 20.8 Å². The molecule has 96 valence electrons. The summed E-state index contributed by atoms with van der Waals surface area (Å²) in [5.74, 6) is 0. The molecule has 1 saturated heterocycles. The minimum Gasteiger partial charge on any atom is -0.312 e. The minimum absolute atomic E-state index is 0.362. The number of hydrogen-bond donors (Lipinski definition) is 1. The van der Waals surface area contributed by atoms with Crippen molar-refractivity contribution in [1.82, 2.24) is 10.2 Å².